The van der Waals surface area contributed by atoms with Gasteiger partial charge in [-0.25, -0.2) is 0 Å². The third-order valence-corrected chi connectivity index (χ3v) is 3.80. The quantitative estimate of drug-likeness (QED) is 0.520. The lowest BCUT2D eigenvalue weighted by molar-refractivity contribution is -0.313. The smallest absolute Gasteiger partial charge is 0.226 e. The molecule has 5 heteroatoms. The molecule has 0 aliphatic carbocycles. The highest BCUT2D eigenvalue weighted by molar-refractivity contribution is 5.86. The summed E-state index contributed by atoms with van der Waals surface area (Å²) in [6.07, 6.45) is 6.85. The number of hydrogen-bond acceptors (Lipinski definition) is 4. The second-order valence-corrected chi connectivity index (χ2v) is 5.17. The van der Waals surface area contributed by atoms with Crippen LogP contribution in [0.2, 0.25) is 0 Å². The van der Waals surface area contributed by atoms with Crippen LogP contribution in [0.5, 0.6) is 0 Å². The number of amides is 1. The molecule has 0 aromatic carbocycles. The minimum atomic E-state index is -1.21. The van der Waals surface area contributed by atoms with Gasteiger partial charge in [-0.2, -0.15) is 0 Å². The van der Waals surface area contributed by atoms with Gasteiger partial charge in [-0.3, -0.25) is 4.79 Å². The third kappa shape index (κ3) is 2.97. The van der Waals surface area contributed by atoms with Gasteiger partial charge < -0.3 is 20.0 Å². The maximum atomic E-state index is 12.1. The topological polar surface area (TPSA) is 78.5 Å². The van der Waals surface area contributed by atoms with Crippen molar-refractivity contribution in [3.8, 4) is 0 Å². The second kappa shape index (κ2) is 6.19. The number of rotatable bonds is 7. The standard InChI is InChI=1S/C14H21NO4/c1-2-3-4-5-8-15-13(16)11-9-6-7-10(19-9)12(11)14(17)18/h6-7,9-12H,2-5,8H2,1H3,(H,15,16)(H,17,18)/p-1/t9-,10+,11-,12-/m0/s1. The number of carbonyl (C=O) groups excluding carboxylic acids is 2. The molecule has 2 rings (SSSR count). The van der Waals surface area contributed by atoms with Gasteiger partial charge in [0.2, 0.25) is 5.91 Å². The van der Waals surface area contributed by atoms with Crippen LogP contribution in [-0.4, -0.2) is 30.6 Å². The van der Waals surface area contributed by atoms with E-state index in [0.29, 0.717) is 6.54 Å². The van der Waals surface area contributed by atoms with Crippen molar-refractivity contribution >= 4 is 11.9 Å². The Bertz CT molecular complexity index is 380. The summed E-state index contributed by atoms with van der Waals surface area (Å²) < 4.78 is 5.43. The number of fused-ring (bicyclic) bond motifs is 2. The Labute approximate surface area is 113 Å². The first-order chi connectivity index (χ1) is 9.15. The van der Waals surface area contributed by atoms with Crippen LogP contribution in [0.25, 0.3) is 0 Å². The van der Waals surface area contributed by atoms with E-state index in [1.165, 1.54) is 0 Å². The Morgan fingerprint density at radius 1 is 1.16 bits per heavy atom. The van der Waals surface area contributed by atoms with E-state index in [1.54, 1.807) is 12.2 Å². The van der Waals surface area contributed by atoms with Crippen molar-refractivity contribution in [3.05, 3.63) is 12.2 Å². The highest BCUT2D eigenvalue weighted by atomic mass is 16.5. The first-order valence-electron chi connectivity index (χ1n) is 6.97. The van der Waals surface area contributed by atoms with Crippen LogP contribution >= 0.6 is 0 Å². The van der Waals surface area contributed by atoms with E-state index in [9.17, 15) is 14.7 Å². The minimum absolute atomic E-state index is 0.234. The molecule has 2 bridgehead atoms. The van der Waals surface area contributed by atoms with Crippen molar-refractivity contribution in [1.82, 2.24) is 5.32 Å². The Balaban J connectivity index is 1.84. The molecule has 4 atom stereocenters. The fourth-order valence-corrected chi connectivity index (χ4v) is 2.78. The fraction of sp³-hybridized carbons (Fsp3) is 0.714. The predicted octanol–water partition coefficient (Wildman–Crippen LogP) is 0.00240. The fourth-order valence-electron chi connectivity index (χ4n) is 2.78. The number of carboxylic acids is 1. The average Bonchev–Trinajstić information content (AvgIpc) is 2.98. The molecule has 1 saturated heterocycles. The van der Waals surface area contributed by atoms with Crippen LogP contribution in [0.3, 0.4) is 0 Å². The van der Waals surface area contributed by atoms with Gasteiger partial charge >= 0.3 is 0 Å². The number of aliphatic carboxylic acids is 1. The Kier molecular flexibility index (Phi) is 4.58. The van der Waals surface area contributed by atoms with Crippen LogP contribution in [0.1, 0.15) is 32.6 Å². The summed E-state index contributed by atoms with van der Waals surface area (Å²) in [7, 11) is 0. The molecule has 0 saturated carbocycles. The third-order valence-electron chi connectivity index (χ3n) is 3.80. The molecular weight excluding hydrogens is 246 g/mol. The summed E-state index contributed by atoms with van der Waals surface area (Å²) in [6, 6.07) is 0. The van der Waals surface area contributed by atoms with Crippen LogP contribution in [0.15, 0.2) is 12.2 Å². The maximum absolute atomic E-state index is 12.1. The van der Waals surface area contributed by atoms with Gasteiger partial charge in [0.25, 0.3) is 0 Å². The zero-order valence-corrected chi connectivity index (χ0v) is 11.1. The van der Waals surface area contributed by atoms with Crippen molar-refractivity contribution in [2.24, 2.45) is 11.8 Å². The van der Waals surface area contributed by atoms with Crippen LogP contribution in [-0.2, 0) is 14.3 Å². The van der Waals surface area contributed by atoms with Crippen molar-refractivity contribution < 1.29 is 19.4 Å². The molecular formula is C14H20NO4-. The van der Waals surface area contributed by atoms with E-state index in [-0.39, 0.29) is 5.91 Å². The van der Waals surface area contributed by atoms with Crippen molar-refractivity contribution in [2.75, 3.05) is 6.54 Å². The van der Waals surface area contributed by atoms with Gasteiger partial charge in [-0.1, -0.05) is 38.3 Å². The first kappa shape index (κ1) is 14.1. The van der Waals surface area contributed by atoms with Crippen LogP contribution < -0.4 is 10.4 Å². The Hall–Kier alpha value is -1.36. The molecule has 0 radical (unpaired) electrons. The minimum Gasteiger partial charge on any atom is -0.550 e. The Morgan fingerprint density at radius 2 is 1.84 bits per heavy atom. The second-order valence-electron chi connectivity index (χ2n) is 5.17. The molecule has 1 amide bonds. The summed E-state index contributed by atoms with van der Waals surface area (Å²) in [6.45, 7) is 2.72. The van der Waals surface area contributed by atoms with Gasteiger partial charge in [0.1, 0.15) is 0 Å². The summed E-state index contributed by atoms with van der Waals surface area (Å²) >= 11 is 0. The predicted molar refractivity (Wildman–Crippen MR) is 66.9 cm³/mol. The van der Waals surface area contributed by atoms with Gasteiger partial charge in [0.15, 0.2) is 0 Å². The van der Waals surface area contributed by atoms with E-state index in [4.69, 9.17) is 4.74 Å². The maximum Gasteiger partial charge on any atom is 0.226 e. The molecule has 5 nitrogen and oxygen atoms in total. The van der Waals surface area contributed by atoms with Crippen molar-refractivity contribution in [2.45, 2.75) is 44.8 Å². The molecule has 2 heterocycles. The van der Waals surface area contributed by atoms with Crippen LogP contribution in [0, 0.1) is 11.8 Å². The summed E-state index contributed by atoms with van der Waals surface area (Å²) in [4.78, 5) is 23.2. The molecule has 0 aromatic rings. The van der Waals surface area contributed by atoms with Gasteiger partial charge in [0.05, 0.1) is 18.1 Å². The number of hydrogen-bond donors (Lipinski definition) is 1. The van der Waals surface area contributed by atoms with Gasteiger partial charge in [0, 0.05) is 18.4 Å². The summed E-state index contributed by atoms with van der Waals surface area (Å²) in [5.41, 5.74) is 0. The highest BCUT2D eigenvalue weighted by Crippen LogP contribution is 2.38. The largest absolute Gasteiger partial charge is 0.550 e. The van der Waals surface area contributed by atoms with Gasteiger partial charge in [-0.05, 0) is 6.42 Å². The summed E-state index contributed by atoms with van der Waals surface area (Å²) in [5, 5.41) is 13.9. The number of nitrogens with one attached hydrogen (secondary N) is 1. The van der Waals surface area contributed by atoms with Crippen LogP contribution in [0.4, 0.5) is 0 Å². The highest BCUT2D eigenvalue weighted by Gasteiger charge is 2.49. The lowest BCUT2D eigenvalue weighted by Gasteiger charge is -2.24. The molecule has 1 N–H and O–H groups in total. The SMILES string of the molecule is CCCCCCNC(=O)[C@@H]1[C@@H](C(=O)[O-])[C@H]2C=C[C@@H]1O2. The monoisotopic (exact) mass is 266 g/mol. The molecule has 2 aliphatic rings. The zero-order chi connectivity index (χ0) is 13.8. The van der Waals surface area contributed by atoms with Crippen molar-refractivity contribution in [1.29, 1.82) is 0 Å². The lowest BCUT2D eigenvalue weighted by Crippen LogP contribution is -2.47. The number of ether oxygens (including phenoxy) is 1. The molecule has 2 aliphatic heterocycles. The summed E-state index contributed by atoms with van der Waals surface area (Å²) in [5.74, 6) is -2.94. The first-order valence-corrected chi connectivity index (χ1v) is 6.97. The number of carboxylic acid groups (broad SMARTS) is 1. The molecule has 1 fully saturated rings. The van der Waals surface area contributed by atoms with E-state index in [0.717, 1.165) is 25.7 Å². The van der Waals surface area contributed by atoms with E-state index >= 15 is 0 Å². The zero-order valence-electron chi connectivity index (χ0n) is 11.1. The average molecular weight is 266 g/mol. The van der Waals surface area contributed by atoms with Gasteiger partial charge in [-0.15, -0.1) is 0 Å². The molecule has 0 aromatic heterocycles. The van der Waals surface area contributed by atoms with Crippen molar-refractivity contribution in [3.63, 3.8) is 0 Å². The lowest BCUT2D eigenvalue weighted by atomic mass is 9.82. The normalized spacial score (nSPS) is 31.6. The van der Waals surface area contributed by atoms with E-state index in [1.807, 2.05) is 0 Å². The number of carbonyl (C=O) groups is 2. The number of unbranched alkanes of at least 4 members (excludes halogenated alkanes) is 3. The molecule has 106 valence electrons. The molecule has 0 spiro atoms. The van der Waals surface area contributed by atoms with E-state index < -0.39 is 30.0 Å². The molecule has 0 unspecified atom stereocenters. The molecule has 19 heavy (non-hydrogen) atoms. The Morgan fingerprint density at radius 3 is 2.47 bits per heavy atom. The van der Waals surface area contributed by atoms with E-state index in [2.05, 4.69) is 12.2 Å².